The summed E-state index contributed by atoms with van der Waals surface area (Å²) in [6.07, 6.45) is 5.98. The van der Waals surface area contributed by atoms with Gasteiger partial charge in [-0.3, -0.25) is 15.0 Å². The SMILES string of the molecule is Cl.Cl.O=[N+]([O-])c1cc2c(cc1[C@@H](C1CCCCC1)N1CCNCC1)OCO2. The van der Waals surface area contributed by atoms with Crippen molar-refractivity contribution in [3.63, 3.8) is 0 Å². The molecular formula is C18H27Cl2N3O4. The first-order valence-electron chi connectivity index (χ1n) is 9.27. The van der Waals surface area contributed by atoms with Gasteiger partial charge in [0.15, 0.2) is 11.5 Å². The van der Waals surface area contributed by atoms with E-state index >= 15 is 0 Å². The van der Waals surface area contributed by atoms with Gasteiger partial charge in [0.05, 0.1) is 16.6 Å². The Balaban J connectivity index is 0.00000131. The summed E-state index contributed by atoms with van der Waals surface area (Å²) in [5.41, 5.74) is 0.960. The number of nitro groups is 1. The fourth-order valence-electron chi connectivity index (χ4n) is 4.50. The van der Waals surface area contributed by atoms with Crippen LogP contribution in [-0.2, 0) is 0 Å². The van der Waals surface area contributed by atoms with Crippen molar-refractivity contribution < 1.29 is 14.4 Å². The van der Waals surface area contributed by atoms with Crippen LogP contribution in [0.3, 0.4) is 0 Å². The molecule has 27 heavy (non-hydrogen) atoms. The molecule has 2 heterocycles. The molecule has 2 aliphatic heterocycles. The summed E-state index contributed by atoms with van der Waals surface area (Å²) < 4.78 is 10.9. The summed E-state index contributed by atoms with van der Waals surface area (Å²) in [5.74, 6) is 1.58. The highest BCUT2D eigenvalue weighted by molar-refractivity contribution is 5.85. The monoisotopic (exact) mass is 419 g/mol. The molecule has 152 valence electrons. The molecule has 1 N–H and O–H groups in total. The zero-order valence-electron chi connectivity index (χ0n) is 15.2. The van der Waals surface area contributed by atoms with E-state index in [-0.39, 0.29) is 48.3 Å². The minimum absolute atomic E-state index is 0. The van der Waals surface area contributed by atoms with Crippen molar-refractivity contribution in [2.75, 3.05) is 33.0 Å². The highest BCUT2D eigenvalue weighted by atomic mass is 35.5. The average Bonchev–Trinajstić information content (AvgIpc) is 3.10. The fourth-order valence-corrected chi connectivity index (χ4v) is 4.50. The van der Waals surface area contributed by atoms with E-state index in [9.17, 15) is 10.1 Å². The molecule has 1 aliphatic carbocycles. The zero-order chi connectivity index (χ0) is 17.2. The zero-order valence-corrected chi connectivity index (χ0v) is 16.9. The van der Waals surface area contributed by atoms with Gasteiger partial charge in [-0.05, 0) is 24.8 Å². The highest BCUT2D eigenvalue weighted by Crippen LogP contribution is 2.46. The largest absolute Gasteiger partial charge is 0.454 e. The van der Waals surface area contributed by atoms with E-state index in [1.165, 1.54) is 19.3 Å². The standard InChI is InChI=1S/C18H25N3O4.2ClH/c22-21(23)15-11-17-16(24-12-25-17)10-14(15)18(13-4-2-1-3-5-13)20-8-6-19-7-9-20;;/h10-11,13,18-19H,1-9,12H2;2*1H/t18-;;/m1../s1. The second-order valence-electron chi connectivity index (χ2n) is 7.15. The summed E-state index contributed by atoms with van der Waals surface area (Å²) in [4.78, 5) is 13.9. The minimum atomic E-state index is -0.269. The molecule has 7 nitrogen and oxygen atoms in total. The predicted molar refractivity (Wildman–Crippen MR) is 107 cm³/mol. The molecule has 9 heteroatoms. The Kier molecular flexibility index (Phi) is 7.97. The lowest BCUT2D eigenvalue weighted by molar-refractivity contribution is -0.386. The van der Waals surface area contributed by atoms with E-state index in [2.05, 4.69) is 10.2 Å². The van der Waals surface area contributed by atoms with Crippen LogP contribution >= 0.6 is 24.8 Å². The third kappa shape index (κ3) is 4.59. The first-order valence-corrected chi connectivity index (χ1v) is 9.27. The van der Waals surface area contributed by atoms with Crippen LogP contribution in [0.1, 0.15) is 43.7 Å². The van der Waals surface area contributed by atoms with Gasteiger partial charge in [-0.2, -0.15) is 0 Å². The van der Waals surface area contributed by atoms with Crippen LogP contribution < -0.4 is 14.8 Å². The quantitative estimate of drug-likeness (QED) is 0.592. The lowest BCUT2D eigenvalue weighted by atomic mass is 9.79. The lowest BCUT2D eigenvalue weighted by Crippen LogP contribution is -2.47. The summed E-state index contributed by atoms with van der Waals surface area (Å²) in [7, 11) is 0. The van der Waals surface area contributed by atoms with Gasteiger partial charge < -0.3 is 14.8 Å². The maximum Gasteiger partial charge on any atom is 0.278 e. The van der Waals surface area contributed by atoms with E-state index in [1.54, 1.807) is 6.07 Å². The third-order valence-corrected chi connectivity index (χ3v) is 5.68. The van der Waals surface area contributed by atoms with Crippen LogP contribution in [0.25, 0.3) is 0 Å². The van der Waals surface area contributed by atoms with Crippen LogP contribution in [0.4, 0.5) is 5.69 Å². The molecule has 1 aromatic rings. The van der Waals surface area contributed by atoms with Crippen LogP contribution in [0.2, 0.25) is 0 Å². The normalized spacial score (nSPS) is 21.0. The molecule has 0 radical (unpaired) electrons. The van der Waals surface area contributed by atoms with Gasteiger partial charge in [-0.1, -0.05) is 19.3 Å². The third-order valence-electron chi connectivity index (χ3n) is 5.68. The number of nitrogens with one attached hydrogen (secondary N) is 1. The van der Waals surface area contributed by atoms with Crippen molar-refractivity contribution in [3.05, 3.63) is 27.8 Å². The summed E-state index contributed by atoms with van der Waals surface area (Å²) in [6.45, 7) is 3.85. The number of halogens is 2. The van der Waals surface area contributed by atoms with E-state index in [4.69, 9.17) is 9.47 Å². The van der Waals surface area contributed by atoms with Crippen molar-refractivity contribution in [3.8, 4) is 11.5 Å². The van der Waals surface area contributed by atoms with E-state index in [0.717, 1.165) is 44.6 Å². The Labute approximate surface area is 171 Å². The molecule has 2 fully saturated rings. The maximum absolute atomic E-state index is 11.8. The van der Waals surface area contributed by atoms with Crippen molar-refractivity contribution in [2.45, 2.75) is 38.1 Å². The molecule has 0 amide bonds. The van der Waals surface area contributed by atoms with E-state index in [0.29, 0.717) is 17.4 Å². The molecule has 3 aliphatic rings. The number of nitrogens with zero attached hydrogens (tertiary/aromatic N) is 2. The van der Waals surface area contributed by atoms with Gasteiger partial charge in [0, 0.05) is 32.2 Å². The van der Waals surface area contributed by atoms with Gasteiger partial charge in [0.1, 0.15) is 0 Å². The number of rotatable bonds is 4. The Hall–Kier alpha value is -1.28. The molecule has 0 spiro atoms. The van der Waals surface area contributed by atoms with Gasteiger partial charge in [-0.15, -0.1) is 24.8 Å². The van der Waals surface area contributed by atoms with E-state index in [1.807, 2.05) is 6.07 Å². The minimum Gasteiger partial charge on any atom is -0.454 e. The van der Waals surface area contributed by atoms with Gasteiger partial charge in [-0.25, -0.2) is 0 Å². The smallest absolute Gasteiger partial charge is 0.278 e. The number of piperazine rings is 1. The molecular weight excluding hydrogens is 393 g/mol. The topological polar surface area (TPSA) is 76.9 Å². The van der Waals surface area contributed by atoms with Crippen LogP contribution in [-0.4, -0.2) is 42.8 Å². The number of hydrogen-bond donors (Lipinski definition) is 1. The number of ether oxygens (including phenoxy) is 2. The van der Waals surface area contributed by atoms with Crippen molar-refractivity contribution in [2.24, 2.45) is 5.92 Å². The molecule has 0 aromatic heterocycles. The maximum atomic E-state index is 11.8. The number of benzene rings is 1. The second kappa shape index (κ2) is 9.78. The van der Waals surface area contributed by atoms with E-state index < -0.39 is 0 Å². The molecule has 1 saturated carbocycles. The Morgan fingerprint density at radius 3 is 2.33 bits per heavy atom. The van der Waals surface area contributed by atoms with Crippen LogP contribution in [0.5, 0.6) is 11.5 Å². The Morgan fingerprint density at radius 2 is 1.70 bits per heavy atom. The van der Waals surface area contributed by atoms with Crippen LogP contribution in [0.15, 0.2) is 12.1 Å². The second-order valence-corrected chi connectivity index (χ2v) is 7.15. The van der Waals surface area contributed by atoms with Gasteiger partial charge >= 0.3 is 0 Å². The summed E-state index contributed by atoms with van der Waals surface area (Å²) >= 11 is 0. The first-order chi connectivity index (χ1) is 12.2. The molecule has 1 atom stereocenters. The van der Waals surface area contributed by atoms with Crippen molar-refractivity contribution >= 4 is 30.5 Å². The molecule has 1 saturated heterocycles. The molecule has 0 bridgehead atoms. The van der Waals surface area contributed by atoms with Gasteiger partial charge in [0.2, 0.25) is 6.79 Å². The summed E-state index contributed by atoms with van der Waals surface area (Å²) in [6, 6.07) is 3.49. The van der Waals surface area contributed by atoms with Crippen molar-refractivity contribution in [1.82, 2.24) is 10.2 Å². The fraction of sp³-hybridized carbons (Fsp3) is 0.667. The lowest BCUT2D eigenvalue weighted by Gasteiger charge is -2.41. The Morgan fingerprint density at radius 1 is 1.07 bits per heavy atom. The summed E-state index contributed by atoms with van der Waals surface area (Å²) in [5, 5.41) is 15.2. The van der Waals surface area contributed by atoms with Crippen molar-refractivity contribution in [1.29, 1.82) is 0 Å². The average molecular weight is 420 g/mol. The van der Waals surface area contributed by atoms with Crippen LogP contribution in [0, 0.1) is 16.0 Å². The number of fused-ring (bicyclic) bond motifs is 1. The Bertz CT molecular complexity index is 632. The van der Waals surface area contributed by atoms with Gasteiger partial charge in [0.25, 0.3) is 5.69 Å². The molecule has 1 aromatic carbocycles. The molecule has 0 unspecified atom stereocenters. The predicted octanol–water partition coefficient (Wildman–Crippen LogP) is 3.69. The number of hydrogen-bond acceptors (Lipinski definition) is 6. The highest BCUT2D eigenvalue weighted by Gasteiger charge is 2.37. The molecule has 4 rings (SSSR count). The first kappa shape index (κ1) is 22.0. The number of nitro benzene ring substituents is 1.